The Balaban J connectivity index is 2.40. The SMILES string of the molecule is C=CC(C)(C)c1cc(/C=C/C(=O)c2ccc(C)cc2)c(OC)cc1C. The van der Waals surface area contributed by atoms with Gasteiger partial charge in [-0.2, -0.15) is 0 Å². The van der Waals surface area contributed by atoms with Crippen molar-refractivity contribution in [2.75, 3.05) is 7.11 Å². The van der Waals surface area contributed by atoms with E-state index in [-0.39, 0.29) is 11.2 Å². The molecule has 0 aromatic heterocycles. The van der Waals surface area contributed by atoms with E-state index in [1.54, 1.807) is 13.2 Å². The van der Waals surface area contributed by atoms with E-state index in [1.807, 2.05) is 49.4 Å². The number of carbonyl (C=O) groups is 1. The standard InChI is InChI=1S/C23H26O2/c1-7-23(4,5)20-15-19(22(25-6)14-17(20)3)12-13-21(24)18-10-8-16(2)9-11-18/h7-15H,1H2,2-6H3/b13-12+. The number of aryl methyl sites for hydroxylation is 2. The Kier molecular flexibility index (Phi) is 5.63. The highest BCUT2D eigenvalue weighted by molar-refractivity contribution is 6.07. The van der Waals surface area contributed by atoms with E-state index < -0.39 is 0 Å². The molecule has 0 aliphatic heterocycles. The number of ether oxygens (including phenoxy) is 1. The van der Waals surface area contributed by atoms with Gasteiger partial charge in [-0.25, -0.2) is 0 Å². The summed E-state index contributed by atoms with van der Waals surface area (Å²) in [6, 6.07) is 11.7. The number of allylic oxidation sites excluding steroid dienone is 2. The van der Waals surface area contributed by atoms with Gasteiger partial charge in [-0.05, 0) is 49.3 Å². The van der Waals surface area contributed by atoms with Gasteiger partial charge in [0.25, 0.3) is 0 Å². The zero-order chi connectivity index (χ0) is 18.6. The van der Waals surface area contributed by atoms with Crippen molar-refractivity contribution in [2.45, 2.75) is 33.1 Å². The van der Waals surface area contributed by atoms with Crippen molar-refractivity contribution in [3.8, 4) is 5.75 Å². The Morgan fingerprint density at radius 1 is 1.12 bits per heavy atom. The number of benzene rings is 2. The molecule has 0 radical (unpaired) electrons. The van der Waals surface area contributed by atoms with Crippen molar-refractivity contribution in [1.29, 1.82) is 0 Å². The zero-order valence-electron chi connectivity index (χ0n) is 15.7. The van der Waals surface area contributed by atoms with Gasteiger partial charge in [0, 0.05) is 16.5 Å². The molecule has 2 aromatic carbocycles. The lowest BCUT2D eigenvalue weighted by Crippen LogP contribution is -2.15. The Morgan fingerprint density at radius 2 is 1.76 bits per heavy atom. The van der Waals surface area contributed by atoms with Crippen LogP contribution in [0.1, 0.15) is 46.5 Å². The first-order chi connectivity index (χ1) is 11.8. The number of methoxy groups -OCH3 is 1. The Morgan fingerprint density at radius 3 is 2.32 bits per heavy atom. The first kappa shape index (κ1) is 18.7. The van der Waals surface area contributed by atoms with Gasteiger partial charge in [0.2, 0.25) is 0 Å². The first-order valence-electron chi connectivity index (χ1n) is 8.40. The molecule has 25 heavy (non-hydrogen) atoms. The molecule has 0 fully saturated rings. The second-order valence-electron chi connectivity index (χ2n) is 6.90. The summed E-state index contributed by atoms with van der Waals surface area (Å²) < 4.78 is 5.49. The molecule has 0 aliphatic rings. The van der Waals surface area contributed by atoms with Crippen molar-refractivity contribution in [3.05, 3.63) is 82.9 Å². The van der Waals surface area contributed by atoms with Crippen molar-refractivity contribution in [2.24, 2.45) is 0 Å². The van der Waals surface area contributed by atoms with Gasteiger partial charge < -0.3 is 4.74 Å². The maximum atomic E-state index is 12.4. The second kappa shape index (κ2) is 7.52. The molecule has 0 saturated heterocycles. The van der Waals surface area contributed by atoms with Crippen molar-refractivity contribution in [1.82, 2.24) is 0 Å². The third kappa shape index (κ3) is 4.27. The van der Waals surface area contributed by atoms with Crippen LogP contribution in [0.15, 0.2) is 55.1 Å². The topological polar surface area (TPSA) is 26.3 Å². The molecule has 2 heteroatoms. The summed E-state index contributed by atoms with van der Waals surface area (Å²) in [7, 11) is 1.65. The van der Waals surface area contributed by atoms with E-state index in [4.69, 9.17) is 4.74 Å². The van der Waals surface area contributed by atoms with Crippen LogP contribution in [0.3, 0.4) is 0 Å². The molecule has 0 unspecified atom stereocenters. The average Bonchev–Trinajstić information content (AvgIpc) is 2.60. The predicted octanol–water partition coefficient (Wildman–Crippen LogP) is 5.67. The highest BCUT2D eigenvalue weighted by atomic mass is 16.5. The Hall–Kier alpha value is -2.61. The van der Waals surface area contributed by atoms with Gasteiger partial charge in [0.05, 0.1) is 7.11 Å². The molecule has 0 aliphatic carbocycles. The summed E-state index contributed by atoms with van der Waals surface area (Å²) in [5.41, 5.74) is 4.87. The van der Waals surface area contributed by atoms with Gasteiger partial charge in [-0.1, -0.05) is 49.8 Å². The summed E-state index contributed by atoms with van der Waals surface area (Å²) in [4.78, 5) is 12.4. The quantitative estimate of drug-likeness (QED) is 0.386. The number of rotatable bonds is 6. The largest absolute Gasteiger partial charge is 0.496 e. The number of hydrogen-bond donors (Lipinski definition) is 0. The van der Waals surface area contributed by atoms with Crippen LogP contribution in [0.2, 0.25) is 0 Å². The lowest BCUT2D eigenvalue weighted by Gasteiger charge is -2.24. The molecular formula is C23H26O2. The van der Waals surface area contributed by atoms with E-state index in [0.717, 1.165) is 22.4 Å². The van der Waals surface area contributed by atoms with Gasteiger partial charge in [-0.15, -0.1) is 6.58 Å². The fourth-order valence-electron chi connectivity index (χ4n) is 2.79. The van der Waals surface area contributed by atoms with Crippen LogP contribution in [0.4, 0.5) is 0 Å². The summed E-state index contributed by atoms with van der Waals surface area (Å²) in [5, 5.41) is 0. The van der Waals surface area contributed by atoms with Gasteiger partial charge in [0.15, 0.2) is 5.78 Å². The van der Waals surface area contributed by atoms with Crippen molar-refractivity contribution < 1.29 is 9.53 Å². The Bertz CT molecular complexity index is 809. The van der Waals surface area contributed by atoms with Crippen molar-refractivity contribution in [3.63, 3.8) is 0 Å². The van der Waals surface area contributed by atoms with E-state index >= 15 is 0 Å². The maximum Gasteiger partial charge on any atom is 0.185 e. The van der Waals surface area contributed by atoms with Gasteiger partial charge in [-0.3, -0.25) is 4.79 Å². The number of carbonyl (C=O) groups excluding carboxylic acids is 1. The monoisotopic (exact) mass is 334 g/mol. The van der Waals surface area contributed by atoms with Gasteiger partial charge in [0.1, 0.15) is 5.75 Å². The molecule has 0 N–H and O–H groups in total. The molecular weight excluding hydrogens is 308 g/mol. The van der Waals surface area contributed by atoms with Crippen LogP contribution in [0, 0.1) is 13.8 Å². The summed E-state index contributed by atoms with van der Waals surface area (Å²) in [5.74, 6) is 0.737. The smallest absolute Gasteiger partial charge is 0.185 e. The summed E-state index contributed by atoms with van der Waals surface area (Å²) >= 11 is 0. The highest BCUT2D eigenvalue weighted by Gasteiger charge is 2.20. The minimum absolute atomic E-state index is 0.0211. The minimum Gasteiger partial charge on any atom is -0.496 e. The van der Waals surface area contributed by atoms with Gasteiger partial charge >= 0.3 is 0 Å². The maximum absolute atomic E-state index is 12.4. The van der Waals surface area contributed by atoms with E-state index in [0.29, 0.717) is 5.56 Å². The van der Waals surface area contributed by atoms with Crippen LogP contribution in [-0.2, 0) is 5.41 Å². The molecule has 2 rings (SSSR count). The highest BCUT2D eigenvalue weighted by Crippen LogP contribution is 2.33. The van der Waals surface area contributed by atoms with Crippen LogP contribution < -0.4 is 4.74 Å². The van der Waals surface area contributed by atoms with E-state index in [9.17, 15) is 4.79 Å². The predicted molar refractivity (Wildman–Crippen MR) is 105 cm³/mol. The zero-order valence-corrected chi connectivity index (χ0v) is 15.7. The van der Waals surface area contributed by atoms with Crippen LogP contribution in [0.5, 0.6) is 5.75 Å². The number of hydrogen-bond acceptors (Lipinski definition) is 2. The molecule has 130 valence electrons. The van der Waals surface area contributed by atoms with E-state index in [1.165, 1.54) is 5.56 Å². The fourth-order valence-corrected chi connectivity index (χ4v) is 2.79. The van der Waals surface area contributed by atoms with Crippen LogP contribution in [-0.4, -0.2) is 12.9 Å². The summed E-state index contributed by atoms with van der Waals surface area (Å²) in [6.45, 7) is 12.3. The normalized spacial score (nSPS) is 11.6. The molecule has 0 amide bonds. The number of ketones is 1. The minimum atomic E-state index is -0.153. The molecule has 2 aromatic rings. The van der Waals surface area contributed by atoms with E-state index in [2.05, 4.69) is 33.4 Å². The molecule has 0 heterocycles. The third-order valence-corrected chi connectivity index (χ3v) is 4.53. The Labute approximate surface area is 150 Å². The lowest BCUT2D eigenvalue weighted by atomic mass is 9.81. The van der Waals surface area contributed by atoms with Crippen molar-refractivity contribution >= 4 is 11.9 Å². The molecule has 2 nitrogen and oxygen atoms in total. The molecule has 0 spiro atoms. The fraction of sp³-hybridized carbons (Fsp3) is 0.261. The second-order valence-corrected chi connectivity index (χ2v) is 6.90. The lowest BCUT2D eigenvalue weighted by molar-refractivity contribution is 0.104. The third-order valence-electron chi connectivity index (χ3n) is 4.53. The summed E-state index contributed by atoms with van der Waals surface area (Å²) in [6.07, 6.45) is 5.36. The molecule has 0 saturated carbocycles. The molecule has 0 atom stereocenters. The van der Waals surface area contributed by atoms with Crippen LogP contribution in [0.25, 0.3) is 6.08 Å². The average molecular weight is 334 g/mol. The first-order valence-corrected chi connectivity index (χ1v) is 8.40. The molecule has 0 bridgehead atoms. The van der Waals surface area contributed by atoms with Crippen LogP contribution >= 0.6 is 0 Å².